The van der Waals surface area contributed by atoms with Gasteiger partial charge in [-0.15, -0.1) is 0 Å². The number of ether oxygens (including phenoxy) is 1. The summed E-state index contributed by atoms with van der Waals surface area (Å²) in [5, 5.41) is 9.79. The Morgan fingerprint density at radius 1 is 1.41 bits per heavy atom. The van der Waals surface area contributed by atoms with E-state index in [1.807, 2.05) is 20.8 Å². The molecule has 0 bridgehead atoms. The number of aromatic hydroxyl groups is 1. The van der Waals surface area contributed by atoms with Crippen molar-refractivity contribution >= 4 is 6.09 Å². The summed E-state index contributed by atoms with van der Waals surface area (Å²) in [6, 6.07) is 6.44. The maximum atomic E-state index is 14.7. The van der Waals surface area contributed by atoms with Crippen molar-refractivity contribution in [1.29, 1.82) is 0 Å². The van der Waals surface area contributed by atoms with E-state index in [1.165, 1.54) is 6.07 Å². The summed E-state index contributed by atoms with van der Waals surface area (Å²) < 4.78 is 20.1. The SMILES string of the molecule is CC(C)(C)OC(=O)N1CCCC(C(F)c2ccccc2O)C1. The van der Waals surface area contributed by atoms with Crippen molar-refractivity contribution in [3.63, 3.8) is 0 Å². The number of rotatable bonds is 2. The third kappa shape index (κ3) is 4.12. The molecule has 122 valence electrons. The predicted molar refractivity (Wildman–Crippen MR) is 82.5 cm³/mol. The summed E-state index contributed by atoms with van der Waals surface area (Å²) in [4.78, 5) is 13.7. The van der Waals surface area contributed by atoms with Crippen LogP contribution in [-0.4, -0.2) is 34.8 Å². The van der Waals surface area contributed by atoms with Gasteiger partial charge in [0.25, 0.3) is 0 Å². The molecule has 0 spiro atoms. The molecule has 0 saturated carbocycles. The highest BCUT2D eigenvalue weighted by atomic mass is 19.1. The lowest BCUT2D eigenvalue weighted by Crippen LogP contribution is -2.43. The minimum atomic E-state index is -1.29. The van der Waals surface area contributed by atoms with E-state index in [0.29, 0.717) is 25.1 Å². The molecular formula is C17H24FNO3. The predicted octanol–water partition coefficient (Wildman–Crippen LogP) is 4.05. The average Bonchev–Trinajstić information content (AvgIpc) is 2.45. The summed E-state index contributed by atoms with van der Waals surface area (Å²) in [5.41, 5.74) is -0.268. The van der Waals surface area contributed by atoms with Crippen LogP contribution in [0.15, 0.2) is 24.3 Å². The van der Waals surface area contributed by atoms with E-state index in [-0.39, 0.29) is 11.7 Å². The average molecular weight is 309 g/mol. The standard InChI is InChI=1S/C17H24FNO3/c1-17(2,3)22-16(21)19-10-6-7-12(11-19)15(18)13-8-4-5-9-14(13)20/h4-5,8-9,12,15,20H,6-7,10-11H2,1-3H3. The number of nitrogens with zero attached hydrogens (tertiary/aromatic N) is 1. The number of alkyl halides is 1. The van der Waals surface area contributed by atoms with Crippen molar-refractivity contribution in [3.05, 3.63) is 29.8 Å². The Labute approximate surface area is 130 Å². The van der Waals surface area contributed by atoms with Crippen molar-refractivity contribution in [2.24, 2.45) is 5.92 Å². The topological polar surface area (TPSA) is 49.8 Å². The van der Waals surface area contributed by atoms with Crippen LogP contribution in [0.25, 0.3) is 0 Å². The Balaban J connectivity index is 2.04. The van der Waals surface area contributed by atoms with E-state index in [0.717, 1.165) is 6.42 Å². The van der Waals surface area contributed by atoms with Gasteiger partial charge in [-0.1, -0.05) is 18.2 Å². The number of piperidine rings is 1. The third-order valence-electron chi connectivity index (χ3n) is 3.76. The summed E-state index contributed by atoms with van der Waals surface area (Å²) in [5.74, 6) is -0.362. The number of phenols is 1. The Morgan fingerprint density at radius 2 is 2.09 bits per heavy atom. The van der Waals surface area contributed by atoms with Gasteiger partial charge in [0.2, 0.25) is 0 Å². The lowest BCUT2D eigenvalue weighted by atomic mass is 9.89. The van der Waals surface area contributed by atoms with E-state index in [2.05, 4.69) is 0 Å². The largest absolute Gasteiger partial charge is 0.508 e. The first-order chi connectivity index (χ1) is 10.3. The summed E-state index contributed by atoms with van der Waals surface area (Å²) >= 11 is 0. The second-order valence-electron chi connectivity index (χ2n) is 6.79. The molecule has 1 heterocycles. The zero-order valence-corrected chi connectivity index (χ0v) is 13.4. The number of amides is 1. The van der Waals surface area contributed by atoms with Crippen molar-refractivity contribution < 1.29 is 19.0 Å². The van der Waals surface area contributed by atoms with Crippen LogP contribution >= 0.6 is 0 Å². The van der Waals surface area contributed by atoms with E-state index in [9.17, 15) is 14.3 Å². The maximum Gasteiger partial charge on any atom is 0.410 e. The number of carbonyl (C=O) groups excluding carboxylic acids is 1. The first kappa shape index (κ1) is 16.6. The van der Waals surface area contributed by atoms with Gasteiger partial charge in [-0.05, 0) is 39.7 Å². The fraction of sp³-hybridized carbons (Fsp3) is 0.588. The second kappa shape index (κ2) is 6.55. The summed E-state index contributed by atoms with van der Waals surface area (Å²) in [7, 11) is 0. The Bertz CT molecular complexity index is 527. The quantitative estimate of drug-likeness (QED) is 0.896. The minimum absolute atomic E-state index is 0.0376. The van der Waals surface area contributed by atoms with Crippen molar-refractivity contribution in [1.82, 2.24) is 4.90 Å². The number of carbonyl (C=O) groups is 1. The van der Waals surface area contributed by atoms with Crippen molar-refractivity contribution in [3.8, 4) is 5.75 Å². The van der Waals surface area contributed by atoms with E-state index in [4.69, 9.17) is 4.74 Å². The van der Waals surface area contributed by atoms with Crippen LogP contribution in [0.3, 0.4) is 0 Å². The lowest BCUT2D eigenvalue weighted by Gasteiger charge is -2.35. The number of halogens is 1. The summed E-state index contributed by atoms with van der Waals surface area (Å²) in [6.45, 7) is 6.33. The molecule has 1 saturated heterocycles. The molecule has 1 aliphatic heterocycles. The summed E-state index contributed by atoms with van der Waals surface area (Å²) in [6.07, 6.45) is -0.264. The Kier molecular flexibility index (Phi) is 4.94. The van der Waals surface area contributed by atoms with Crippen LogP contribution < -0.4 is 0 Å². The zero-order valence-electron chi connectivity index (χ0n) is 13.4. The maximum absolute atomic E-state index is 14.7. The number of hydrogen-bond donors (Lipinski definition) is 1. The second-order valence-corrected chi connectivity index (χ2v) is 6.79. The molecule has 0 aliphatic carbocycles. The molecule has 2 unspecified atom stereocenters. The van der Waals surface area contributed by atoms with Crippen LogP contribution in [0, 0.1) is 5.92 Å². The van der Waals surface area contributed by atoms with E-state index >= 15 is 0 Å². The molecule has 1 fully saturated rings. The first-order valence-electron chi connectivity index (χ1n) is 7.68. The van der Waals surface area contributed by atoms with E-state index in [1.54, 1.807) is 23.1 Å². The molecule has 1 aromatic rings. The van der Waals surface area contributed by atoms with E-state index < -0.39 is 17.9 Å². The van der Waals surface area contributed by atoms with Gasteiger partial charge in [0.1, 0.15) is 17.5 Å². The molecule has 1 aromatic carbocycles. The van der Waals surface area contributed by atoms with Gasteiger partial charge in [0.05, 0.1) is 0 Å². The van der Waals surface area contributed by atoms with Gasteiger partial charge in [-0.2, -0.15) is 0 Å². The highest BCUT2D eigenvalue weighted by Gasteiger charge is 2.33. The van der Waals surface area contributed by atoms with Crippen LogP contribution in [0.4, 0.5) is 9.18 Å². The molecule has 4 nitrogen and oxygen atoms in total. The molecule has 0 aromatic heterocycles. The van der Waals surface area contributed by atoms with Gasteiger partial charge in [-0.3, -0.25) is 0 Å². The zero-order chi connectivity index (χ0) is 16.3. The first-order valence-corrected chi connectivity index (χ1v) is 7.68. The number of hydrogen-bond acceptors (Lipinski definition) is 3. The molecule has 22 heavy (non-hydrogen) atoms. The van der Waals surface area contributed by atoms with Gasteiger partial charge in [0.15, 0.2) is 0 Å². The molecule has 2 rings (SSSR count). The fourth-order valence-electron chi connectivity index (χ4n) is 2.72. The fourth-order valence-corrected chi connectivity index (χ4v) is 2.72. The molecular weight excluding hydrogens is 285 g/mol. The minimum Gasteiger partial charge on any atom is -0.508 e. The molecule has 1 aliphatic rings. The molecule has 0 radical (unpaired) electrons. The Morgan fingerprint density at radius 3 is 2.73 bits per heavy atom. The molecule has 1 amide bonds. The molecule has 2 atom stereocenters. The highest BCUT2D eigenvalue weighted by molar-refractivity contribution is 5.68. The van der Waals surface area contributed by atoms with Gasteiger partial charge >= 0.3 is 6.09 Å². The molecule has 1 N–H and O–H groups in total. The number of para-hydroxylation sites is 1. The van der Waals surface area contributed by atoms with Gasteiger partial charge in [0, 0.05) is 24.6 Å². The smallest absolute Gasteiger partial charge is 0.410 e. The number of likely N-dealkylation sites (tertiary alicyclic amines) is 1. The van der Waals surface area contributed by atoms with Crippen molar-refractivity contribution in [2.75, 3.05) is 13.1 Å². The van der Waals surface area contributed by atoms with Crippen LogP contribution in [-0.2, 0) is 4.74 Å². The van der Waals surface area contributed by atoms with Crippen LogP contribution in [0.5, 0.6) is 5.75 Å². The normalized spacial score (nSPS) is 20.5. The van der Waals surface area contributed by atoms with Crippen LogP contribution in [0.2, 0.25) is 0 Å². The van der Waals surface area contributed by atoms with Gasteiger partial charge in [-0.25, -0.2) is 9.18 Å². The monoisotopic (exact) mass is 309 g/mol. The van der Waals surface area contributed by atoms with Gasteiger partial charge < -0.3 is 14.7 Å². The highest BCUT2D eigenvalue weighted by Crippen LogP contribution is 2.37. The third-order valence-corrected chi connectivity index (χ3v) is 3.76. The van der Waals surface area contributed by atoms with Crippen LogP contribution in [0.1, 0.15) is 45.3 Å². The molecule has 5 heteroatoms. The number of phenolic OH excluding ortho intramolecular Hbond substituents is 1. The van der Waals surface area contributed by atoms with Crippen molar-refractivity contribution in [2.45, 2.75) is 45.4 Å². The number of benzene rings is 1. The lowest BCUT2D eigenvalue weighted by molar-refractivity contribution is 0.0109. The Hall–Kier alpha value is -1.78.